The Labute approximate surface area is 111 Å². The summed E-state index contributed by atoms with van der Waals surface area (Å²) in [5.74, 6) is 0.829. The van der Waals surface area contributed by atoms with Gasteiger partial charge in [-0.25, -0.2) is 9.37 Å². The molecule has 1 aromatic carbocycles. The molecule has 1 aromatic heterocycles. The smallest absolute Gasteiger partial charge is 0.207 e. The zero-order valence-corrected chi connectivity index (χ0v) is 11.1. The number of benzene rings is 1. The molecule has 0 spiro atoms. The molecule has 3 nitrogen and oxygen atoms in total. The second kappa shape index (κ2) is 5.40. The first-order chi connectivity index (χ1) is 8.56. The Balaban J connectivity index is 2.18. The van der Waals surface area contributed by atoms with Crippen molar-refractivity contribution in [3.05, 3.63) is 41.4 Å². The van der Waals surface area contributed by atoms with Crippen LogP contribution in [0.25, 0.3) is 0 Å². The van der Waals surface area contributed by atoms with Crippen LogP contribution in [0.2, 0.25) is 5.02 Å². The Kier molecular flexibility index (Phi) is 3.87. The van der Waals surface area contributed by atoms with Crippen LogP contribution in [0.5, 0.6) is 0 Å². The highest BCUT2D eigenvalue weighted by atomic mass is 35.5. The van der Waals surface area contributed by atoms with E-state index < -0.39 is 5.82 Å². The van der Waals surface area contributed by atoms with E-state index in [2.05, 4.69) is 24.1 Å². The number of hydrogen-bond acceptors (Lipinski definition) is 2. The number of hydrogen-bond donors (Lipinski definition) is 1. The molecule has 0 saturated carbocycles. The van der Waals surface area contributed by atoms with Gasteiger partial charge in [-0.05, 0) is 24.1 Å². The fraction of sp³-hybridized carbons (Fsp3) is 0.308. The average Bonchev–Trinajstić information content (AvgIpc) is 2.70. The summed E-state index contributed by atoms with van der Waals surface area (Å²) >= 11 is 5.74. The molecule has 1 heterocycles. The number of nitrogens with zero attached hydrogens (tertiary/aromatic N) is 2. The van der Waals surface area contributed by atoms with Crippen LogP contribution in [-0.2, 0) is 6.54 Å². The summed E-state index contributed by atoms with van der Waals surface area (Å²) in [7, 11) is 0. The van der Waals surface area contributed by atoms with Crippen LogP contribution >= 0.6 is 11.6 Å². The van der Waals surface area contributed by atoms with Crippen LogP contribution in [-0.4, -0.2) is 9.55 Å². The first-order valence-corrected chi connectivity index (χ1v) is 6.17. The van der Waals surface area contributed by atoms with Gasteiger partial charge in [0.05, 0.1) is 5.02 Å². The normalized spacial score (nSPS) is 10.9. The summed E-state index contributed by atoms with van der Waals surface area (Å²) in [6.45, 7) is 5.15. The molecule has 18 heavy (non-hydrogen) atoms. The SMILES string of the molecule is CC(C)Cn1ccnc1Nc1ccc(F)c(Cl)c1. The standard InChI is InChI=1S/C13H15ClFN3/c1-9(2)8-18-6-5-16-13(18)17-10-3-4-12(15)11(14)7-10/h3-7,9H,8H2,1-2H3,(H,16,17). The molecule has 0 aliphatic heterocycles. The monoisotopic (exact) mass is 267 g/mol. The number of aromatic nitrogens is 2. The summed E-state index contributed by atoms with van der Waals surface area (Å²) in [4.78, 5) is 4.23. The van der Waals surface area contributed by atoms with Gasteiger partial charge >= 0.3 is 0 Å². The van der Waals surface area contributed by atoms with Crippen molar-refractivity contribution in [3.8, 4) is 0 Å². The van der Waals surface area contributed by atoms with E-state index in [4.69, 9.17) is 11.6 Å². The molecule has 5 heteroatoms. The minimum Gasteiger partial charge on any atom is -0.326 e. The topological polar surface area (TPSA) is 29.9 Å². The lowest BCUT2D eigenvalue weighted by molar-refractivity contribution is 0.527. The largest absolute Gasteiger partial charge is 0.326 e. The third-order valence-corrected chi connectivity index (χ3v) is 2.74. The van der Waals surface area contributed by atoms with E-state index in [9.17, 15) is 4.39 Å². The van der Waals surface area contributed by atoms with E-state index in [0.717, 1.165) is 18.2 Å². The van der Waals surface area contributed by atoms with E-state index in [0.29, 0.717) is 5.92 Å². The summed E-state index contributed by atoms with van der Waals surface area (Å²) in [5, 5.41) is 3.23. The van der Waals surface area contributed by atoms with Crippen LogP contribution in [0.4, 0.5) is 16.0 Å². The maximum atomic E-state index is 13.0. The molecule has 0 aliphatic carbocycles. The summed E-state index contributed by atoms with van der Waals surface area (Å²) < 4.78 is 15.1. The van der Waals surface area contributed by atoms with Crippen molar-refractivity contribution in [1.82, 2.24) is 9.55 Å². The lowest BCUT2D eigenvalue weighted by Crippen LogP contribution is -2.07. The van der Waals surface area contributed by atoms with Gasteiger partial charge in [-0.2, -0.15) is 0 Å². The van der Waals surface area contributed by atoms with Crippen LogP contribution in [0.15, 0.2) is 30.6 Å². The predicted octanol–water partition coefficient (Wildman–Crippen LogP) is 4.08. The van der Waals surface area contributed by atoms with E-state index >= 15 is 0 Å². The van der Waals surface area contributed by atoms with Crippen molar-refractivity contribution in [1.29, 1.82) is 0 Å². The molecule has 0 amide bonds. The van der Waals surface area contributed by atoms with Crippen molar-refractivity contribution in [2.24, 2.45) is 5.92 Å². The third-order valence-electron chi connectivity index (χ3n) is 2.45. The van der Waals surface area contributed by atoms with Crippen molar-refractivity contribution in [2.75, 3.05) is 5.32 Å². The van der Waals surface area contributed by atoms with Crippen LogP contribution in [0.1, 0.15) is 13.8 Å². The van der Waals surface area contributed by atoms with Crippen molar-refractivity contribution in [2.45, 2.75) is 20.4 Å². The zero-order chi connectivity index (χ0) is 13.1. The minimum absolute atomic E-state index is 0.0990. The lowest BCUT2D eigenvalue weighted by atomic mass is 10.2. The number of anilines is 2. The fourth-order valence-electron chi connectivity index (χ4n) is 1.68. The number of imidazole rings is 1. The second-order valence-corrected chi connectivity index (χ2v) is 4.96. The molecule has 0 bridgehead atoms. The first-order valence-electron chi connectivity index (χ1n) is 5.79. The van der Waals surface area contributed by atoms with Gasteiger partial charge in [0.25, 0.3) is 0 Å². The molecule has 0 radical (unpaired) electrons. The Morgan fingerprint density at radius 2 is 2.22 bits per heavy atom. The van der Waals surface area contributed by atoms with Crippen molar-refractivity contribution >= 4 is 23.2 Å². The summed E-state index contributed by atoms with van der Waals surface area (Å²) in [5.41, 5.74) is 0.720. The minimum atomic E-state index is -0.423. The summed E-state index contributed by atoms with van der Waals surface area (Å²) in [6, 6.07) is 4.52. The molecule has 1 N–H and O–H groups in total. The highest BCUT2D eigenvalue weighted by Gasteiger charge is 2.06. The fourth-order valence-corrected chi connectivity index (χ4v) is 1.86. The molecular weight excluding hydrogens is 253 g/mol. The van der Waals surface area contributed by atoms with Gasteiger partial charge < -0.3 is 9.88 Å². The van der Waals surface area contributed by atoms with E-state index in [1.165, 1.54) is 6.07 Å². The van der Waals surface area contributed by atoms with Crippen LogP contribution in [0.3, 0.4) is 0 Å². The Morgan fingerprint density at radius 1 is 1.44 bits per heavy atom. The number of rotatable bonds is 4. The van der Waals surface area contributed by atoms with Gasteiger partial charge in [-0.1, -0.05) is 25.4 Å². The van der Waals surface area contributed by atoms with Crippen LogP contribution in [0, 0.1) is 11.7 Å². The molecule has 2 aromatic rings. The predicted molar refractivity (Wildman–Crippen MR) is 71.8 cm³/mol. The van der Waals surface area contributed by atoms with Gasteiger partial charge in [-0.15, -0.1) is 0 Å². The lowest BCUT2D eigenvalue weighted by Gasteiger charge is -2.12. The molecule has 0 unspecified atom stereocenters. The van der Waals surface area contributed by atoms with Gasteiger partial charge in [0.1, 0.15) is 5.82 Å². The average molecular weight is 268 g/mol. The molecule has 2 rings (SSSR count). The molecule has 0 saturated heterocycles. The number of halogens is 2. The maximum Gasteiger partial charge on any atom is 0.207 e. The highest BCUT2D eigenvalue weighted by Crippen LogP contribution is 2.22. The molecule has 0 aliphatic rings. The maximum absolute atomic E-state index is 13.0. The Bertz CT molecular complexity index is 537. The number of nitrogens with one attached hydrogen (secondary N) is 1. The van der Waals surface area contributed by atoms with Gasteiger partial charge in [0, 0.05) is 24.6 Å². The molecular formula is C13H15ClFN3. The van der Waals surface area contributed by atoms with Crippen molar-refractivity contribution < 1.29 is 4.39 Å². The Hall–Kier alpha value is -1.55. The molecule has 0 fully saturated rings. The van der Waals surface area contributed by atoms with Crippen LogP contribution < -0.4 is 5.32 Å². The molecule has 0 atom stereocenters. The summed E-state index contributed by atoms with van der Waals surface area (Å²) in [6.07, 6.45) is 3.64. The first kappa shape index (κ1) is 12.9. The van der Waals surface area contributed by atoms with Gasteiger partial charge in [-0.3, -0.25) is 0 Å². The second-order valence-electron chi connectivity index (χ2n) is 4.55. The quantitative estimate of drug-likeness (QED) is 0.905. The van der Waals surface area contributed by atoms with Crippen molar-refractivity contribution in [3.63, 3.8) is 0 Å². The third kappa shape index (κ3) is 3.01. The van der Waals surface area contributed by atoms with Gasteiger partial charge in [0.15, 0.2) is 0 Å². The Morgan fingerprint density at radius 3 is 2.89 bits per heavy atom. The zero-order valence-electron chi connectivity index (χ0n) is 10.3. The molecule has 96 valence electrons. The van der Waals surface area contributed by atoms with E-state index in [1.807, 2.05) is 10.8 Å². The van der Waals surface area contributed by atoms with E-state index in [1.54, 1.807) is 18.3 Å². The highest BCUT2D eigenvalue weighted by molar-refractivity contribution is 6.31. The van der Waals surface area contributed by atoms with E-state index in [-0.39, 0.29) is 5.02 Å². The van der Waals surface area contributed by atoms with Gasteiger partial charge in [0.2, 0.25) is 5.95 Å².